The normalized spacial score (nSPS) is 16.7. The molecule has 25 heavy (non-hydrogen) atoms. The zero-order valence-electron chi connectivity index (χ0n) is 14.2. The molecule has 1 aromatic rings. The van der Waals surface area contributed by atoms with Gasteiger partial charge in [-0.3, -0.25) is 4.99 Å². The van der Waals surface area contributed by atoms with Gasteiger partial charge in [-0.15, -0.1) is 0 Å². The van der Waals surface area contributed by atoms with Crippen LogP contribution in [0.25, 0.3) is 0 Å². The summed E-state index contributed by atoms with van der Waals surface area (Å²) in [7, 11) is 0. The van der Waals surface area contributed by atoms with E-state index >= 15 is 0 Å². The minimum atomic E-state index is 0.389. The third-order valence-corrected chi connectivity index (χ3v) is 3.77. The van der Waals surface area contributed by atoms with E-state index < -0.39 is 0 Å². The zero-order chi connectivity index (χ0) is 17.5. The first-order chi connectivity index (χ1) is 12.3. The second-order valence-corrected chi connectivity index (χ2v) is 5.79. The van der Waals surface area contributed by atoms with Gasteiger partial charge in [0.25, 0.3) is 5.90 Å². The van der Waals surface area contributed by atoms with Crippen molar-refractivity contribution in [2.75, 3.05) is 13.2 Å². The molecule has 0 unspecified atom stereocenters. The van der Waals surface area contributed by atoms with E-state index in [9.17, 15) is 5.26 Å². The highest BCUT2D eigenvalue weighted by Crippen LogP contribution is 2.20. The lowest BCUT2D eigenvalue weighted by Crippen LogP contribution is -2.17. The van der Waals surface area contributed by atoms with Crippen LogP contribution in [0.2, 0.25) is 0 Å². The van der Waals surface area contributed by atoms with Crippen molar-refractivity contribution in [2.45, 2.75) is 32.6 Å². The maximum Gasteiger partial charge on any atom is 0.252 e. The fraction of sp³-hybridized carbons (Fsp3) is 0.368. The second kappa shape index (κ2) is 8.25. The Hall–Kier alpha value is -2.94. The molecule has 2 aliphatic heterocycles. The van der Waals surface area contributed by atoms with Gasteiger partial charge in [-0.05, 0) is 43.9 Å². The van der Waals surface area contributed by atoms with Crippen LogP contribution in [-0.4, -0.2) is 31.0 Å². The Balaban J connectivity index is 1.77. The number of ether oxygens (including phenoxy) is 1. The van der Waals surface area contributed by atoms with Crippen LogP contribution in [0.1, 0.15) is 43.7 Å². The Bertz CT molecular complexity index is 800. The van der Waals surface area contributed by atoms with E-state index in [0.29, 0.717) is 35.9 Å². The minimum Gasteiger partial charge on any atom is -0.494 e. The van der Waals surface area contributed by atoms with Gasteiger partial charge in [-0.25, -0.2) is 4.99 Å². The predicted molar refractivity (Wildman–Crippen MR) is 97.3 cm³/mol. The van der Waals surface area contributed by atoms with Gasteiger partial charge in [-0.2, -0.15) is 5.26 Å². The molecule has 0 fully saturated rings. The number of nitriles is 1. The summed E-state index contributed by atoms with van der Waals surface area (Å²) in [5, 5.41) is 13.4. The zero-order valence-corrected chi connectivity index (χ0v) is 14.2. The van der Waals surface area contributed by atoms with Gasteiger partial charge >= 0.3 is 0 Å². The largest absolute Gasteiger partial charge is 0.494 e. The summed E-state index contributed by atoms with van der Waals surface area (Å²) < 4.78 is 5.63. The van der Waals surface area contributed by atoms with Gasteiger partial charge < -0.3 is 9.57 Å². The average Bonchev–Trinajstić information content (AvgIpc) is 2.95. The van der Waals surface area contributed by atoms with E-state index in [-0.39, 0.29) is 0 Å². The molecule has 3 rings (SSSR count). The average molecular weight is 336 g/mol. The summed E-state index contributed by atoms with van der Waals surface area (Å²) >= 11 is 0. The predicted octanol–water partition coefficient (Wildman–Crippen LogP) is 3.62. The summed E-state index contributed by atoms with van der Waals surface area (Å²) in [6, 6.07) is 7.39. The van der Waals surface area contributed by atoms with E-state index in [4.69, 9.17) is 9.57 Å². The molecule has 0 spiro atoms. The van der Waals surface area contributed by atoms with Crippen LogP contribution in [0.3, 0.4) is 0 Å². The van der Waals surface area contributed by atoms with Crippen molar-refractivity contribution in [3.63, 3.8) is 0 Å². The quantitative estimate of drug-likeness (QED) is 0.823. The smallest absolute Gasteiger partial charge is 0.252 e. The highest BCUT2D eigenvalue weighted by atomic mass is 16.6. The van der Waals surface area contributed by atoms with E-state index in [0.717, 1.165) is 37.1 Å². The fourth-order valence-electron chi connectivity index (χ4n) is 2.52. The van der Waals surface area contributed by atoms with E-state index in [1.807, 2.05) is 19.2 Å². The van der Waals surface area contributed by atoms with Gasteiger partial charge in [0.2, 0.25) is 0 Å². The van der Waals surface area contributed by atoms with E-state index in [1.165, 1.54) is 0 Å². The summed E-state index contributed by atoms with van der Waals surface area (Å²) in [6.45, 7) is 3.03. The standard InChI is InChI=1S/C19H20N4O2/c1-2-8-24-16-10-14(12-20)9-15(11-16)19-22-13-18(23-25-19)17-6-4-3-5-7-21-17/h6-7,9-11H,2-5,8,13H2,1H3. The Labute approximate surface area is 147 Å². The first kappa shape index (κ1) is 16.9. The molecule has 6 heteroatoms. The lowest BCUT2D eigenvalue weighted by atomic mass is 10.1. The fourth-order valence-corrected chi connectivity index (χ4v) is 2.52. The Kier molecular flexibility index (Phi) is 5.57. The molecule has 128 valence electrons. The molecule has 0 aliphatic carbocycles. The summed E-state index contributed by atoms with van der Waals surface area (Å²) in [4.78, 5) is 14.4. The van der Waals surface area contributed by atoms with Gasteiger partial charge in [-0.1, -0.05) is 18.2 Å². The highest BCUT2D eigenvalue weighted by Gasteiger charge is 2.17. The van der Waals surface area contributed by atoms with Gasteiger partial charge in [0, 0.05) is 11.8 Å². The molecule has 0 N–H and O–H groups in total. The molecule has 0 atom stereocenters. The lowest BCUT2D eigenvalue weighted by molar-refractivity contribution is 0.314. The number of allylic oxidation sites excluding steroid dienone is 1. The molecule has 0 saturated carbocycles. The molecule has 0 radical (unpaired) electrons. The molecule has 0 aromatic heterocycles. The number of benzene rings is 1. The number of oxime groups is 1. The van der Waals surface area contributed by atoms with E-state index in [1.54, 1.807) is 12.1 Å². The Morgan fingerprint density at radius 3 is 2.96 bits per heavy atom. The molecule has 2 aliphatic rings. The monoisotopic (exact) mass is 336 g/mol. The van der Waals surface area contributed by atoms with Crippen molar-refractivity contribution in [2.24, 2.45) is 15.1 Å². The van der Waals surface area contributed by atoms with Gasteiger partial charge in [0.15, 0.2) is 0 Å². The first-order valence-corrected chi connectivity index (χ1v) is 8.50. The maximum absolute atomic E-state index is 9.21. The van der Waals surface area contributed by atoms with Gasteiger partial charge in [0.1, 0.15) is 11.5 Å². The van der Waals surface area contributed by atoms with Crippen LogP contribution in [0.4, 0.5) is 0 Å². The van der Waals surface area contributed by atoms with Crippen molar-refractivity contribution < 1.29 is 9.57 Å². The molecular formula is C19H20N4O2. The van der Waals surface area contributed by atoms with Crippen LogP contribution in [-0.2, 0) is 4.84 Å². The highest BCUT2D eigenvalue weighted by molar-refractivity contribution is 6.06. The number of hydrogen-bond donors (Lipinski definition) is 0. The van der Waals surface area contributed by atoms with Crippen LogP contribution >= 0.6 is 0 Å². The minimum absolute atomic E-state index is 0.389. The van der Waals surface area contributed by atoms with Crippen LogP contribution in [0.15, 0.2) is 45.1 Å². The summed E-state index contributed by atoms with van der Waals surface area (Å²) in [6.07, 6.45) is 7.93. The van der Waals surface area contributed by atoms with Crippen molar-refractivity contribution in [3.05, 3.63) is 41.1 Å². The molecule has 1 aromatic carbocycles. The number of hydrogen-bond acceptors (Lipinski definition) is 6. The summed E-state index contributed by atoms with van der Waals surface area (Å²) in [5.41, 5.74) is 2.74. The lowest BCUT2D eigenvalue weighted by Gasteiger charge is -2.13. The molecule has 0 saturated heterocycles. The molecule has 0 bridgehead atoms. The SMILES string of the molecule is CCCOc1cc(C#N)cc(C2=NCC(C3=CCCCC=N3)=NO2)c1. The van der Waals surface area contributed by atoms with Gasteiger partial charge in [0.05, 0.1) is 30.5 Å². The number of aliphatic imine (C=N–C) groups is 2. The van der Waals surface area contributed by atoms with Crippen molar-refractivity contribution in [1.82, 2.24) is 0 Å². The molecular weight excluding hydrogens is 316 g/mol. The number of nitrogens with zero attached hydrogens (tertiary/aromatic N) is 4. The van der Waals surface area contributed by atoms with Crippen LogP contribution < -0.4 is 4.74 Å². The van der Waals surface area contributed by atoms with Crippen molar-refractivity contribution in [1.29, 1.82) is 5.26 Å². The number of rotatable bonds is 5. The third kappa shape index (κ3) is 4.32. The van der Waals surface area contributed by atoms with Crippen LogP contribution in [0.5, 0.6) is 5.75 Å². The maximum atomic E-state index is 9.21. The van der Waals surface area contributed by atoms with Crippen molar-refractivity contribution in [3.8, 4) is 11.8 Å². The third-order valence-electron chi connectivity index (χ3n) is 3.77. The topological polar surface area (TPSA) is 79.3 Å². The molecule has 2 heterocycles. The molecule has 6 nitrogen and oxygen atoms in total. The summed E-state index contributed by atoms with van der Waals surface area (Å²) in [5.74, 6) is 1.02. The van der Waals surface area contributed by atoms with Crippen LogP contribution in [0, 0.1) is 11.3 Å². The Morgan fingerprint density at radius 2 is 2.20 bits per heavy atom. The first-order valence-electron chi connectivity index (χ1n) is 8.50. The van der Waals surface area contributed by atoms with Crippen molar-refractivity contribution >= 4 is 17.8 Å². The Morgan fingerprint density at radius 1 is 1.28 bits per heavy atom. The second-order valence-electron chi connectivity index (χ2n) is 5.79. The van der Waals surface area contributed by atoms with E-state index in [2.05, 4.69) is 27.3 Å². The molecule has 0 amide bonds.